The molecular formula is C17H14BrN3O. The Labute approximate surface area is 136 Å². The van der Waals surface area contributed by atoms with Crippen LogP contribution in [0.4, 0.5) is 5.69 Å². The molecule has 1 N–H and O–H groups in total. The van der Waals surface area contributed by atoms with E-state index in [-0.39, 0.29) is 5.91 Å². The molecule has 0 saturated carbocycles. The molecule has 5 heteroatoms. The Morgan fingerprint density at radius 3 is 2.64 bits per heavy atom. The standard InChI is InChI=1S/C17H14BrN3O/c18-15-8-3-2-7-14(15)17(22)20-16-9-4-1-6-13(16)12-21-11-5-10-19-21/h1-11H,12H2,(H,20,22). The highest BCUT2D eigenvalue weighted by Gasteiger charge is 2.11. The van der Waals surface area contributed by atoms with Crippen LogP contribution in [0.3, 0.4) is 0 Å². The van der Waals surface area contributed by atoms with Gasteiger partial charge in [0.05, 0.1) is 12.1 Å². The van der Waals surface area contributed by atoms with Crippen molar-refractivity contribution in [2.24, 2.45) is 0 Å². The van der Waals surface area contributed by atoms with Crippen molar-refractivity contribution in [3.05, 3.63) is 82.6 Å². The summed E-state index contributed by atoms with van der Waals surface area (Å²) < 4.78 is 2.60. The molecule has 0 aliphatic rings. The van der Waals surface area contributed by atoms with Crippen LogP contribution in [-0.4, -0.2) is 15.7 Å². The number of nitrogens with one attached hydrogen (secondary N) is 1. The maximum absolute atomic E-state index is 12.4. The molecule has 0 atom stereocenters. The summed E-state index contributed by atoms with van der Waals surface area (Å²) in [4.78, 5) is 12.4. The Kier molecular flexibility index (Phi) is 4.34. The lowest BCUT2D eigenvalue weighted by atomic mass is 10.1. The first-order chi connectivity index (χ1) is 10.7. The van der Waals surface area contributed by atoms with Gasteiger partial charge in [0, 0.05) is 22.6 Å². The van der Waals surface area contributed by atoms with E-state index in [0.29, 0.717) is 12.1 Å². The van der Waals surface area contributed by atoms with E-state index in [1.165, 1.54) is 0 Å². The Morgan fingerprint density at radius 1 is 1.09 bits per heavy atom. The summed E-state index contributed by atoms with van der Waals surface area (Å²) in [5.74, 6) is -0.139. The van der Waals surface area contributed by atoms with E-state index in [1.807, 2.05) is 59.4 Å². The normalized spacial score (nSPS) is 10.4. The van der Waals surface area contributed by atoms with Crippen molar-refractivity contribution in [1.29, 1.82) is 0 Å². The SMILES string of the molecule is O=C(Nc1ccccc1Cn1cccn1)c1ccccc1Br. The molecule has 0 spiro atoms. The second-order valence-electron chi connectivity index (χ2n) is 4.79. The van der Waals surface area contributed by atoms with E-state index in [2.05, 4.69) is 26.3 Å². The molecule has 0 fully saturated rings. The molecule has 1 aromatic heterocycles. The smallest absolute Gasteiger partial charge is 0.256 e. The van der Waals surface area contributed by atoms with Gasteiger partial charge in [-0.05, 0) is 45.8 Å². The number of carbonyl (C=O) groups is 1. The van der Waals surface area contributed by atoms with Crippen LogP contribution in [0, 0.1) is 0 Å². The highest BCUT2D eigenvalue weighted by Crippen LogP contribution is 2.20. The maximum atomic E-state index is 12.4. The number of amides is 1. The van der Waals surface area contributed by atoms with Gasteiger partial charge in [0.25, 0.3) is 5.91 Å². The summed E-state index contributed by atoms with van der Waals surface area (Å²) in [6, 6.07) is 17.0. The lowest BCUT2D eigenvalue weighted by molar-refractivity contribution is 0.102. The lowest BCUT2D eigenvalue weighted by Crippen LogP contribution is -2.14. The Bertz CT molecular complexity index is 784. The quantitative estimate of drug-likeness (QED) is 0.770. The van der Waals surface area contributed by atoms with Crippen LogP contribution in [0.2, 0.25) is 0 Å². The number of para-hydroxylation sites is 1. The number of hydrogen-bond donors (Lipinski definition) is 1. The lowest BCUT2D eigenvalue weighted by Gasteiger charge is -2.12. The fourth-order valence-corrected chi connectivity index (χ4v) is 2.65. The van der Waals surface area contributed by atoms with Crippen LogP contribution < -0.4 is 5.32 Å². The van der Waals surface area contributed by atoms with E-state index in [1.54, 1.807) is 12.3 Å². The number of carbonyl (C=O) groups excluding carboxylic acids is 1. The third kappa shape index (κ3) is 3.26. The molecule has 0 aliphatic carbocycles. The van der Waals surface area contributed by atoms with Gasteiger partial charge >= 0.3 is 0 Å². The van der Waals surface area contributed by atoms with Crippen molar-refractivity contribution in [2.45, 2.75) is 6.54 Å². The molecule has 3 aromatic rings. The molecule has 0 bridgehead atoms. The summed E-state index contributed by atoms with van der Waals surface area (Å²) in [5.41, 5.74) is 2.40. The van der Waals surface area contributed by atoms with Gasteiger partial charge in [-0.15, -0.1) is 0 Å². The van der Waals surface area contributed by atoms with Gasteiger partial charge in [0.1, 0.15) is 0 Å². The van der Waals surface area contributed by atoms with Crippen molar-refractivity contribution in [2.75, 3.05) is 5.32 Å². The maximum Gasteiger partial charge on any atom is 0.256 e. The van der Waals surface area contributed by atoms with E-state index in [4.69, 9.17) is 0 Å². The number of nitrogens with zero attached hydrogens (tertiary/aromatic N) is 2. The Morgan fingerprint density at radius 2 is 1.86 bits per heavy atom. The van der Waals surface area contributed by atoms with Gasteiger partial charge in [-0.1, -0.05) is 30.3 Å². The number of benzene rings is 2. The van der Waals surface area contributed by atoms with E-state index >= 15 is 0 Å². The van der Waals surface area contributed by atoms with Gasteiger partial charge in [0.2, 0.25) is 0 Å². The highest BCUT2D eigenvalue weighted by molar-refractivity contribution is 9.10. The summed E-state index contributed by atoms with van der Waals surface area (Å²) in [7, 11) is 0. The Hall–Kier alpha value is -2.40. The third-order valence-electron chi connectivity index (χ3n) is 3.28. The van der Waals surface area contributed by atoms with E-state index < -0.39 is 0 Å². The number of hydrogen-bond acceptors (Lipinski definition) is 2. The minimum Gasteiger partial charge on any atom is -0.322 e. The zero-order valence-electron chi connectivity index (χ0n) is 11.7. The summed E-state index contributed by atoms with van der Waals surface area (Å²) >= 11 is 3.40. The van der Waals surface area contributed by atoms with Gasteiger partial charge < -0.3 is 5.32 Å². The molecule has 0 radical (unpaired) electrons. The minimum absolute atomic E-state index is 0.139. The van der Waals surface area contributed by atoms with Crippen molar-refractivity contribution in [3.63, 3.8) is 0 Å². The van der Waals surface area contributed by atoms with Crippen LogP contribution in [0.25, 0.3) is 0 Å². The van der Waals surface area contributed by atoms with Crippen LogP contribution in [-0.2, 0) is 6.54 Å². The molecular weight excluding hydrogens is 342 g/mol. The molecule has 2 aromatic carbocycles. The van der Waals surface area contributed by atoms with Crippen LogP contribution in [0.5, 0.6) is 0 Å². The second kappa shape index (κ2) is 6.58. The summed E-state index contributed by atoms with van der Waals surface area (Å²) in [6.45, 7) is 0.611. The minimum atomic E-state index is -0.139. The molecule has 0 unspecified atom stereocenters. The number of halogens is 1. The van der Waals surface area contributed by atoms with Crippen molar-refractivity contribution >= 4 is 27.5 Å². The highest BCUT2D eigenvalue weighted by atomic mass is 79.9. The molecule has 0 saturated heterocycles. The third-order valence-corrected chi connectivity index (χ3v) is 3.97. The number of aromatic nitrogens is 2. The predicted octanol–water partition coefficient (Wildman–Crippen LogP) is 3.95. The fraction of sp³-hybridized carbons (Fsp3) is 0.0588. The molecule has 1 heterocycles. The monoisotopic (exact) mass is 355 g/mol. The van der Waals surface area contributed by atoms with E-state index in [0.717, 1.165) is 15.7 Å². The van der Waals surface area contributed by atoms with Crippen molar-refractivity contribution < 1.29 is 4.79 Å². The molecule has 110 valence electrons. The first-order valence-corrected chi connectivity index (χ1v) is 7.64. The largest absolute Gasteiger partial charge is 0.322 e. The predicted molar refractivity (Wildman–Crippen MR) is 89.9 cm³/mol. The fourth-order valence-electron chi connectivity index (χ4n) is 2.18. The van der Waals surface area contributed by atoms with Gasteiger partial charge in [-0.2, -0.15) is 5.10 Å². The number of rotatable bonds is 4. The van der Waals surface area contributed by atoms with Crippen LogP contribution >= 0.6 is 15.9 Å². The van der Waals surface area contributed by atoms with E-state index in [9.17, 15) is 4.79 Å². The number of anilines is 1. The first kappa shape index (κ1) is 14.5. The molecule has 4 nitrogen and oxygen atoms in total. The average molecular weight is 356 g/mol. The average Bonchev–Trinajstić information content (AvgIpc) is 3.02. The van der Waals surface area contributed by atoms with Crippen LogP contribution in [0.1, 0.15) is 15.9 Å². The first-order valence-electron chi connectivity index (χ1n) is 6.85. The summed E-state index contributed by atoms with van der Waals surface area (Å²) in [6.07, 6.45) is 3.63. The van der Waals surface area contributed by atoms with Crippen molar-refractivity contribution in [1.82, 2.24) is 9.78 Å². The van der Waals surface area contributed by atoms with Gasteiger partial charge in [-0.3, -0.25) is 9.48 Å². The summed E-state index contributed by atoms with van der Waals surface area (Å²) in [5, 5.41) is 7.17. The molecule has 1 amide bonds. The van der Waals surface area contributed by atoms with Gasteiger partial charge in [0.15, 0.2) is 0 Å². The van der Waals surface area contributed by atoms with Gasteiger partial charge in [-0.25, -0.2) is 0 Å². The Balaban J connectivity index is 1.83. The molecule has 22 heavy (non-hydrogen) atoms. The molecule has 0 aliphatic heterocycles. The zero-order valence-corrected chi connectivity index (χ0v) is 13.3. The van der Waals surface area contributed by atoms with Crippen molar-refractivity contribution in [3.8, 4) is 0 Å². The van der Waals surface area contributed by atoms with Crippen LogP contribution in [0.15, 0.2) is 71.5 Å². The zero-order chi connectivity index (χ0) is 15.4. The topological polar surface area (TPSA) is 46.9 Å². The molecule has 3 rings (SSSR count). The second-order valence-corrected chi connectivity index (χ2v) is 5.65.